The largest absolute Gasteiger partial charge is 0.378 e. The van der Waals surface area contributed by atoms with E-state index in [1.807, 2.05) is 25.7 Å². The molecule has 0 aromatic rings. The van der Waals surface area contributed by atoms with Crippen LogP contribution in [0.15, 0.2) is 0 Å². The van der Waals surface area contributed by atoms with Gasteiger partial charge in [-0.1, -0.05) is 13.8 Å². The Labute approximate surface area is 117 Å². The lowest BCUT2D eigenvalue weighted by atomic mass is 9.61. The van der Waals surface area contributed by atoms with Crippen LogP contribution < -0.4 is 5.32 Å². The lowest BCUT2D eigenvalue weighted by Gasteiger charge is -2.53. The van der Waals surface area contributed by atoms with Gasteiger partial charge in [0.25, 0.3) is 0 Å². The van der Waals surface area contributed by atoms with Gasteiger partial charge >= 0.3 is 0 Å². The van der Waals surface area contributed by atoms with Gasteiger partial charge in [-0.3, -0.25) is 4.79 Å². The first-order valence-corrected chi connectivity index (χ1v) is 7.66. The van der Waals surface area contributed by atoms with Gasteiger partial charge in [-0.05, 0) is 33.6 Å². The Morgan fingerprint density at radius 1 is 1.32 bits per heavy atom. The molecule has 1 fully saturated rings. The van der Waals surface area contributed by atoms with E-state index < -0.39 is 0 Å². The quantitative estimate of drug-likeness (QED) is 0.734. The summed E-state index contributed by atoms with van der Waals surface area (Å²) in [4.78, 5) is 13.9. The second-order valence-electron chi connectivity index (χ2n) is 5.54. The summed E-state index contributed by atoms with van der Waals surface area (Å²) >= 11 is 0. The zero-order valence-electron chi connectivity index (χ0n) is 13.2. The number of carbonyl (C=O) groups excluding carboxylic acids is 1. The van der Waals surface area contributed by atoms with Crippen molar-refractivity contribution in [2.45, 2.75) is 59.6 Å². The fraction of sp³-hybridized carbons (Fsp3) is 0.933. The van der Waals surface area contributed by atoms with Crippen LogP contribution in [0.3, 0.4) is 0 Å². The molecule has 0 saturated heterocycles. The molecule has 0 radical (unpaired) electrons. The Bertz CT molecular complexity index is 292. The van der Waals surface area contributed by atoms with Crippen LogP contribution in [0.1, 0.15) is 47.5 Å². The standard InChI is InChI=1S/C15H30N2O2/c1-6-15(5)12(10-13(15)19-9-4)16-11-14(18)17(7-2)8-3/h12-13,16H,6-11H2,1-5H3. The van der Waals surface area contributed by atoms with E-state index in [-0.39, 0.29) is 11.3 Å². The lowest BCUT2D eigenvalue weighted by molar-refractivity contribution is -0.137. The zero-order chi connectivity index (χ0) is 14.5. The molecule has 1 saturated carbocycles. The van der Waals surface area contributed by atoms with Crippen molar-refractivity contribution in [1.29, 1.82) is 0 Å². The van der Waals surface area contributed by atoms with Gasteiger partial charge in [0.2, 0.25) is 5.91 Å². The highest BCUT2D eigenvalue weighted by molar-refractivity contribution is 5.78. The number of hydrogen-bond acceptors (Lipinski definition) is 3. The van der Waals surface area contributed by atoms with Crippen molar-refractivity contribution in [2.75, 3.05) is 26.2 Å². The van der Waals surface area contributed by atoms with Gasteiger partial charge in [-0.2, -0.15) is 0 Å². The molecule has 0 aliphatic heterocycles. The summed E-state index contributed by atoms with van der Waals surface area (Å²) in [5, 5.41) is 3.43. The fourth-order valence-corrected chi connectivity index (χ4v) is 2.97. The first-order valence-electron chi connectivity index (χ1n) is 7.66. The topological polar surface area (TPSA) is 41.6 Å². The highest BCUT2D eigenvalue weighted by Crippen LogP contribution is 2.45. The molecule has 19 heavy (non-hydrogen) atoms. The Hall–Kier alpha value is -0.610. The first-order chi connectivity index (χ1) is 9.03. The maximum Gasteiger partial charge on any atom is 0.236 e. The van der Waals surface area contributed by atoms with Gasteiger partial charge in [-0.25, -0.2) is 0 Å². The number of ether oxygens (including phenoxy) is 1. The Kier molecular flexibility index (Phi) is 6.27. The van der Waals surface area contributed by atoms with E-state index in [0.29, 0.717) is 18.7 Å². The Morgan fingerprint density at radius 3 is 2.42 bits per heavy atom. The molecule has 0 spiro atoms. The SMILES string of the molecule is CCOC1CC(NCC(=O)N(CC)CC)C1(C)CC. The van der Waals surface area contributed by atoms with Crippen LogP contribution >= 0.6 is 0 Å². The normalized spacial score (nSPS) is 29.9. The molecule has 3 atom stereocenters. The summed E-state index contributed by atoms with van der Waals surface area (Å²) < 4.78 is 5.78. The molecule has 4 nitrogen and oxygen atoms in total. The molecule has 1 amide bonds. The van der Waals surface area contributed by atoms with Crippen LogP contribution in [0.25, 0.3) is 0 Å². The van der Waals surface area contributed by atoms with E-state index >= 15 is 0 Å². The van der Waals surface area contributed by atoms with E-state index in [1.54, 1.807) is 0 Å². The molecular weight excluding hydrogens is 240 g/mol. The third-order valence-corrected chi connectivity index (χ3v) is 4.73. The molecule has 1 rings (SSSR count). The number of hydrogen-bond donors (Lipinski definition) is 1. The van der Waals surface area contributed by atoms with E-state index in [0.717, 1.165) is 32.5 Å². The molecule has 3 unspecified atom stereocenters. The average Bonchev–Trinajstić information content (AvgIpc) is 2.42. The monoisotopic (exact) mass is 270 g/mol. The van der Waals surface area contributed by atoms with Crippen molar-refractivity contribution in [3.05, 3.63) is 0 Å². The molecule has 0 bridgehead atoms. The molecular formula is C15H30N2O2. The van der Waals surface area contributed by atoms with E-state index in [1.165, 1.54) is 0 Å². The predicted octanol–water partition coefficient (Wildman–Crippen LogP) is 2.04. The number of nitrogens with zero attached hydrogens (tertiary/aromatic N) is 1. The van der Waals surface area contributed by atoms with Gasteiger partial charge in [0.1, 0.15) is 0 Å². The summed E-state index contributed by atoms with van der Waals surface area (Å²) in [5.41, 5.74) is 0.166. The van der Waals surface area contributed by atoms with Crippen molar-refractivity contribution in [3.8, 4) is 0 Å². The molecule has 1 aliphatic carbocycles. The number of amides is 1. The van der Waals surface area contributed by atoms with E-state index in [2.05, 4.69) is 19.2 Å². The number of nitrogens with one attached hydrogen (secondary N) is 1. The Morgan fingerprint density at radius 2 is 1.95 bits per heavy atom. The van der Waals surface area contributed by atoms with E-state index in [4.69, 9.17) is 4.74 Å². The summed E-state index contributed by atoms with van der Waals surface area (Å²) in [6, 6.07) is 0.397. The number of carbonyl (C=O) groups is 1. The summed E-state index contributed by atoms with van der Waals surface area (Å²) in [5.74, 6) is 0.198. The van der Waals surface area contributed by atoms with Crippen LogP contribution in [0.2, 0.25) is 0 Å². The van der Waals surface area contributed by atoms with Gasteiger partial charge in [0.05, 0.1) is 12.6 Å². The van der Waals surface area contributed by atoms with Gasteiger partial charge < -0.3 is 15.0 Å². The van der Waals surface area contributed by atoms with Crippen molar-refractivity contribution in [2.24, 2.45) is 5.41 Å². The first kappa shape index (κ1) is 16.4. The third-order valence-electron chi connectivity index (χ3n) is 4.73. The second-order valence-corrected chi connectivity index (χ2v) is 5.54. The summed E-state index contributed by atoms with van der Waals surface area (Å²) in [6.07, 6.45) is 2.43. The van der Waals surface area contributed by atoms with Gasteiger partial charge in [0, 0.05) is 31.2 Å². The minimum absolute atomic E-state index is 0.166. The smallest absolute Gasteiger partial charge is 0.236 e. The van der Waals surface area contributed by atoms with Crippen molar-refractivity contribution < 1.29 is 9.53 Å². The van der Waals surface area contributed by atoms with Crippen LogP contribution in [0.5, 0.6) is 0 Å². The van der Waals surface area contributed by atoms with Crippen molar-refractivity contribution in [3.63, 3.8) is 0 Å². The zero-order valence-corrected chi connectivity index (χ0v) is 13.2. The molecule has 0 aromatic heterocycles. The maximum atomic E-state index is 12.0. The lowest BCUT2D eigenvalue weighted by Crippen LogP contribution is -2.63. The minimum Gasteiger partial charge on any atom is -0.378 e. The van der Waals surface area contributed by atoms with Crippen LogP contribution in [-0.2, 0) is 9.53 Å². The summed E-state index contributed by atoms with van der Waals surface area (Å²) in [7, 11) is 0. The van der Waals surface area contributed by atoms with Crippen LogP contribution in [0, 0.1) is 5.41 Å². The molecule has 0 heterocycles. The highest BCUT2D eigenvalue weighted by atomic mass is 16.5. The second kappa shape index (κ2) is 7.25. The van der Waals surface area contributed by atoms with Gasteiger partial charge in [0.15, 0.2) is 0 Å². The number of rotatable bonds is 8. The van der Waals surface area contributed by atoms with Crippen LogP contribution in [0.4, 0.5) is 0 Å². The fourth-order valence-electron chi connectivity index (χ4n) is 2.97. The summed E-state index contributed by atoms with van der Waals surface area (Å²) in [6.45, 7) is 13.3. The van der Waals surface area contributed by atoms with Gasteiger partial charge in [-0.15, -0.1) is 0 Å². The molecule has 4 heteroatoms. The predicted molar refractivity (Wildman–Crippen MR) is 78.1 cm³/mol. The van der Waals surface area contributed by atoms with E-state index in [9.17, 15) is 4.79 Å². The van der Waals surface area contributed by atoms with Crippen molar-refractivity contribution in [1.82, 2.24) is 10.2 Å². The number of likely N-dealkylation sites (N-methyl/N-ethyl adjacent to an activating group) is 1. The Balaban J connectivity index is 2.44. The highest BCUT2D eigenvalue weighted by Gasteiger charge is 2.50. The van der Waals surface area contributed by atoms with Crippen molar-refractivity contribution >= 4 is 5.91 Å². The third kappa shape index (κ3) is 3.48. The maximum absolute atomic E-state index is 12.0. The molecule has 112 valence electrons. The molecule has 1 N–H and O–H groups in total. The van der Waals surface area contributed by atoms with Crippen LogP contribution in [-0.4, -0.2) is 49.2 Å². The average molecular weight is 270 g/mol. The molecule has 1 aliphatic rings. The molecule has 0 aromatic carbocycles. The minimum atomic E-state index is 0.166.